The van der Waals surface area contributed by atoms with Crippen LogP contribution in [-0.4, -0.2) is 85.6 Å². The molecular formula is C18H26N2O4. The summed E-state index contributed by atoms with van der Waals surface area (Å²) in [5, 5.41) is 9.93. The predicted octanol–water partition coefficient (Wildman–Crippen LogP) is 0.151. The summed E-state index contributed by atoms with van der Waals surface area (Å²) in [5.41, 5.74) is 0.398. The van der Waals surface area contributed by atoms with E-state index in [0.29, 0.717) is 45.9 Å². The minimum atomic E-state index is -0.708. The summed E-state index contributed by atoms with van der Waals surface area (Å²) in [6.45, 7) is 4.76. The van der Waals surface area contributed by atoms with E-state index in [0.717, 1.165) is 18.7 Å². The Morgan fingerprint density at radius 1 is 1.12 bits per heavy atom. The highest BCUT2D eigenvalue weighted by Crippen LogP contribution is 2.23. The van der Waals surface area contributed by atoms with Crippen molar-refractivity contribution in [2.45, 2.75) is 12.0 Å². The first-order valence-electron chi connectivity index (χ1n) is 8.57. The van der Waals surface area contributed by atoms with E-state index in [4.69, 9.17) is 9.47 Å². The highest BCUT2D eigenvalue weighted by Gasteiger charge is 2.38. The number of hydrogen-bond acceptors (Lipinski definition) is 5. The fourth-order valence-electron chi connectivity index (χ4n) is 3.33. The second-order valence-electron chi connectivity index (χ2n) is 6.56. The van der Waals surface area contributed by atoms with Gasteiger partial charge in [-0.2, -0.15) is 0 Å². The van der Waals surface area contributed by atoms with Crippen LogP contribution in [0.25, 0.3) is 0 Å². The number of ether oxygens (including phenoxy) is 2. The molecule has 0 bridgehead atoms. The molecule has 132 valence electrons. The Bertz CT molecular complexity index is 533. The van der Waals surface area contributed by atoms with Crippen LogP contribution >= 0.6 is 0 Å². The van der Waals surface area contributed by atoms with Gasteiger partial charge in [-0.15, -0.1) is 0 Å². The average molecular weight is 334 g/mol. The molecule has 24 heavy (non-hydrogen) atoms. The van der Waals surface area contributed by atoms with Crippen LogP contribution < -0.4 is 0 Å². The van der Waals surface area contributed by atoms with Crippen molar-refractivity contribution >= 4 is 5.91 Å². The number of benzene rings is 1. The SMILES string of the molecule is O=C(CN1CCOCC1)N1CCO[C@](CO)(Cc2ccccc2)C1. The molecule has 1 amide bonds. The molecule has 0 aliphatic carbocycles. The van der Waals surface area contributed by atoms with Gasteiger partial charge in [0.15, 0.2) is 0 Å². The Balaban J connectivity index is 1.62. The molecule has 2 fully saturated rings. The largest absolute Gasteiger partial charge is 0.393 e. The van der Waals surface area contributed by atoms with Gasteiger partial charge >= 0.3 is 0 Å². The maximum absolute atomic E-state index is 12.6. The molecule has 2 aliphatic rings. The maximum Gasteiger partial charge on any atom is 0.236 e. The summed E-state index contributed by atoms with van der Waals surface area (Å²) in [5.74, 6) is 0.103. The van der Waals surface area contributed by atoms with Gasteiger partial charge in [0.1, 0.15) is 5.60 Å². The second-order valence-corrected chi connectivity index (χ2v) is 6.56. The van der Waals surface area contributed by atoms with Crippen molar-refractivity contribution in [3.8, 4) is 0 Å². The lowest BCUT2D eigenvalue weighted by molar-refractivity contribution is -0.159. The number of amides is 1. The highest BCUT2D eigenvalue weighted by atomic mass is 16.5. The molecule has 1 aromatic rings. The maximum atomic E-state index is 12.6. The molecule has 0 unspecified atom stereocenters. The number of carbonyl (C=O) groups is 1. The third kappa shape index (κ3) is 4.33. The van der Waals surface area contributed by atoms with Crippen LogP contribution in [-0.2, 0) is 20.7 Å². The van der Waals surface area contributed by atoms with Gasteiger partial charge in [-0.3, -0.25) is 9.69 Å². The van der Waals surface area contributed by atoms with E-state index in [9.17, 15) is 9.90 Å². The molecule has 2 saturated heterocycles. The molecule has 6 nitrogen and oxygen atoms in total. The first-order valence-corrected chi connectivity index (χ1v) is 8.57. The lowest BCUT2D eigenvalue weighted by Crippen LogP contribution is -2.58. The van der Waals surface area contributed by atoms with Crippen LogP contribution in [0, 0.1) is 0 Å². The minimum absolute atomic E-state index is 0.0940. The number of morpholine rings is 2. The highest BCUT2D eigenvalue weighted by molar-refractivity contribution is 5.78. The molecule has 2 heterocycles. The monoisotopic (exact) mass is 334 g/mol. The molecule has 1 N–H and O–H groups in total. The molecular weight excluding hydrogens is 308 g/mol. The van der Waals surface area contributed by atoms with E-state index in [1.54, 1.807) is 0 Å². The van der Waals surface area contributed by atoms with Crippen LogP contribution in [0.5, 0.6) is 0 Å². The van der Waals surface area contributed by atoms with Crippen LogP contribution in [0.15, 0.2) is 30.3 Å². The molecule has 0 spiro atoms. The van der Waals surface area contributed by atoms with E-state index < -0.39 is 5.60 Å². The van der Waals surface area contributed by atoms with Crippen molar-refractivity contribution in [1.82, 2.24) is 9.80 Å². The molecule has 0 radical (unpaired) electrons. The van der Waals surface area contributed by atoms with E-state index in [1.165, 1.54) is 0 Å². The van der Waals surface area contributed by atoms with Crippen molar-refractivity contribution < 1.29 is 19.4 Å². The lowest BCUT2D eigenvalue weighted by atomic mass is 9.93. The number of rotatable bonds is 5. The first kappa shape index (κ1) is 17.4. The van der Waals surface area contributed by atoms with Gasteiger partial charge in [0, 0.05) is 26.1 Å². The Hall–Kier alpha value is -1.47. The number of carbonyl (C=O) groups excluding carboxylic acids is 1. The zero-order valence-corrected chi connectivity index (χ0v) is 14.0. The molecule has 0 aromatic heterocycles. The number of aliphatic hydroxyl groups excluding tert-OH is 1. The number of aliphatic hydroxyl groups is 1. The van der Waals surface area contributed by atoms with Gasteiger partial charge in [0.2, 0.25) is 5.91 Å². The minimum Gasteiger partial charge on any atom is -0.393 e. The fourth-order valence-corrected chi connectivity index (χ4v) is 3.33. The zero-order chi connectivity index (χ0) is 16.8. The van der Waals surface area contributed by atoms with Crippen molar-refractivity contribution in [3.63, 3.8) is 0 Å². The van der Waals surface area contributed by atoms with Gasteiger partial charge in [-0.05, 0) is 5.56 Å². The summed E-state index contributed by atoms with van der Waals surface area (Å²) in [7, 11) is 0. The third-order valence-corrected chi connectivity index (χ3v) is 4.72. The van der Waals surface area contributed by atoms with Crippen LogP contribution in [0.2, 0.25) is 0 Å². The lowest BCUT2D eigenvalue weighted by Gasteiger charge is -2.42. The van der Waals surface area contributed by atoms with Crippen molar-refractivity contribution in [2.24, 2.45) is 0 Å². The first-order chi connectivity index (χ1) is 11.7. The van der Waals surface area contributed by atoms with E-state index >= 15 is 0 Å². The number of hydrogen-bond donors (Lipinski definition) is 1. The van der Waals surface area contributed by atoms with Gasteiger partial charge < -0.3 is 19.5 Å². The average Bonchev–Trinajstić information content (AvgIpc) is 2.63. The summed E-state index contributed by atoms with van der Waals surface area (Å²) in [4.78, 5) is 16.6. The Kier molecular flexibility index (Phi) is 5.84. The standard InChI is InChI=1S/C18H26N2O4/c21-15-18(12-16-4-2-1-3-5-16)14-20(8-11-24-18)17(22)13-19-6-9-23-10-7-19/h1-5,21H,6-15H2/t18-/m1/s1. The normalized spacial score (nSPS) is 25.6. The summed E-state index contributed by atoms with van der Waals surface area (Å²) >= 11 is 0. The molecule has 1 atom stereocenters. The Morgan fingerprint density at radius 3 is 2.58 bits per heavy atom. The summed E-state index contributed by atoms with van der Waals surface area (Å²) in [6.07, 6.45) is 0.603. The second kappa shape index (κ2) is 8.07. The smallest absolute Gasteiger partial charge is 0.236 e. The number of nitrogens with zero attached hydrogens (tertiary/aromatic N) is 2. The molecule has 3 rings (SSSR count). The predicted molar refractivity (Wildman–Crippen MR) is 89.8 cm³/mol. The molecule has 1 aromatic carbocycles. The van der Waals surface area contributed by atoms with E-state index in [1.807, 2.05) is 35.2 Å². The van der Waals surface area contributed by atoms with Crippen LogP contribution in [0.3, 0.4) is 0 Å². The van der Waals surface area contributed by atoms with Crippen LogP contribution in [0.4, 0.5) is 0 Å². The molecule has 6 heteroatoms. The quantitative estimate of drug-likeness (QED) is 0.831. The Labute approximate surface area is 143 Å². The van der Waals surface area contributed by atoms with Crippen molar-refractivity contribution in [3.05, 3.63) is 35.9 Å². The van der Waals surface area contributed by atoms with E-state index in [-0.39, 0.29) is 12.5 Å². The summed E-state index contributed by atoms with van der Waals surface area (Å²) in [6, 6.07) is 9.97. The van der Waals surface area contributed by atoms with Gasteiger partial charge in [-0.25, -0.2) is 0 Å². The molecule has 2 aliphatic heterocycles. The van der Waals surface area contributed by atoms with Crippen molar-refractivity contribution in [1.29, 1.82) is 0 Å². The topological polar surface area (TPSA) is 62.2 Å². The van der Waals surface area contributed by atoms with E-state index in [2.05, 4.69) is 4.90 Å². The van der Waals surface area contributed by atoms with Crippen LogP contribution in [0.1, 0.15) is 5.56 Å². The van der Waals surface area contributed by atoms with Gasteiger partial charge in [0.05, 0.1) is 39.5 Å². The van der Waals surface area contributed by atoms with Crippen molar-refractivity contribution in [2.75, 3.05) is 59.2 Å². The van der Waals surface area contributed by atoms with Gasteiger partial charge in [-0.1, -0.05) is 30.3 Å². The van der Waals surface area contributed by atoms with Gasteiger partial charge in [0.25, 0.3) is 0 Å². The Morgan fingerprint density at radius 2 is 1.88 bits per heavy atom. The zero-order valence-electron chi connectivity index (χ0n) is 14.0. The fraction of sp³-hybridized carbons (Fsp3) is 0.611. The molecule has 0 saturated carbocycles. The summed E-state index contributed by atoms with van der Waals surface area (Å²) < 4.78 is 11.2. The third-order valence-electron chi connectivity index (χ3n) is 4.72.